The zero-order chi connectivity index (χ0) is 11.3. The van der Waals surface area contributed by atoms with E-state index in [1.54, 1.807) is 0 Å². The van der Waals surface area contributed by atoms with Gasteiger partial charge in [0, 0.05) is 20.8 Å². The molecule has 1 amide bonds. The summed E-state index contributed by atoms with van der Waals surface area (Å²) in [6, 6.07) is -0.502. The van der Waals surface area contributed by atoms with E-state index in [9.17, 15) is 9.36 Å². The van der Waals surface area contributed by atoms with Crippen molar-refractivity contribution in [3.8, 4) is 0 Å². The smallest absolute Gasteiger partial charge is 0.355 e. The Morgan fingerprint density at radius 1 is 1.40 bits per heavy atom. The van der Waals surface area contributed by atoms with Crippen LogP contribution in [-0.2, 0) is 18.4 Å². The second-order valence-corrected chi connectivity index (χ2v) is 5.31. The fraction of sp³-hybridized carbons (Fsp3) is 0.875. The van der Waals surface area contributed by atoms with E-state index in [4.69, 9.17) is 9.05 Å². The molecular formula is C8H17N2O4P. The Hall–Kier alpha value is -0.420. The van der Waals surface area contributed by atoms with Crippen molar-refractivity contribution in [2.75, 3.05) is 20.8 Å². The van der Waals surface area contributed by atoms with E-state index in [0.29, 0.717) is 13.0 Å². The summed E-state index contributed by atoms with van der Waals surface area (Å²) >= 11 is 0. The lowest BCUT2D eigenvalue weighted by atomic mass is 10.1. The number of amides is 1. The fourth-order valence-corrected chi connectivity index (χ4v) is 2.42. The summed E-state index contributed by atoms with van der Waals surface area (Å²) in [6.07, 6.45) is 2.49. The molecule has 0 aromatic carbocycles. The van der Waals surface area contributed by atoms with E-state index in [-0.39, 0.29) is 5.91 Å². The second kappa shape index (κ2) is 5.61. The summed E-state index contributed by atoms with van der Waals surface area (Å²) in [5.74, 6) is -0.151. The molecule has 1 saturated heterocycles. The predicted octanol–water partition coefficient (Wildman–Crippen LogP) is 0.646. The van der Waals surface area contributed by atoms with E-state index in [1.165, 1.54) is 14.2 Å². The Morgan fingerprint density at radius 2 is 2.07 bits per heavy atom. The summed E-state index contributed by atoms with van der Waals surface area (Å²) in [5.41, 5.74) is 0. The van der Waals surface area contributed by atoms with Crippen molar-refractivity contribution in [2.45, 2.75) is 25.3 Å². The van der Waals surface area contributed by atoms with Gasteiger partial charge in [-0.05, 0) is 19.3 Å². The van der Waals surface area contributed by atoms with Crippen LogP contribution in [0.3, 0.4) is 0 Å². The molecule has 1 rings (SSSR count). The first-order valence-corrected chi connectivity index (χ1v) is 6.42. The molecule has 0 aromatic rings. The third-order valence-electron chi connectivity index (χ3n) is 2.33. The highest BCUT2D eigenvalue weighted by molar-refractivity contribution is 7.51. The molecule has 0 aliphatic carbocycles. The van der Waals surface area contributed by atoms with Crippen molar-refractivity contribution in [1.82, 2.24) is 10.4 Å². The van der Waals surface area contributed by atoms with E-state index in [1.807, 2.05) is 0 Å². The minimum absolute atomic E-state index is 0.151. The Labute approximate surface area is 89.3 Å². The van der Waals surface area contributed by atoms with Crippen molar-refractivity contribution in [1.29, 1.82) is 0 Å². The molecule has 0 saturated carbocycles. The summed E-state index contributed by atoms with van der Waals surface area (Å²) in [6.45, 7) is 0.668. The molecule has 1 aliphatic rings. The van der Waals surface area contributed by atoms with Gasteiger partial charge in [0.1, 0.15) is 0 Å². The Kier molecular flexibility index (Phi) is 4.73. The molecule has 6 nitrogen and oxygen atoms in total. The Balaban J connectivity index is 2.61. The zero-order valence-corrected chi connectivity index (χ0v) is 9.88. The predicted molar refractivity (Wildman–Crippen MR) is 55.4 cm³/mol. The van der Waals surface area contributed by atoms with Crippen LogP contribution in [0.1, 0.15) is 19.3 Å². The fourth-order valence-electron chi connectivity index (χ4n) is 1.43. The van der Waals surface area contributed by atoms with Crippen LogP contribution in [0.5, 0.6) is 0 Å². The normalized spacial score (nSPS) is 23.3. The van der Waals surface area contributed by atoms with Gasteiger partial charge in [0.05, 0.1) is 6.04 Å². The van der Waals surface area contributed by atoms with Gasteiger partial charge in [-0.2, -0.15) is 0 Å². The molecule has 1 fully saturated rings. The topological polar surface area (TPSA) is 76.7 Å². The number of hydrogen-bond acceptors (Lipinski definition) is 4. The van der Waals surface area contributed by atoms with Crippen LogP contribution in [-0.4, -0.2) is 32.7 Å². The van der Waals surface area contributed by atoms with Gasteiger partial charge in [-0.15, -0.1) is 0 Å². The maximum absolute atomic E-state index is 11.7. The number of hydrogen-bond donors (Lipinski definition) is 2. The molecular weight excluding hydrogens is 219 g/mol. The highest BCUT2D eigenvalue weighted by atomic mass is 31.2. The van der Waals surface area contributed by atoms with Crippen LogP contribution in [0.25, 0.3) is 0 Å². The van der Waals surface area contributed by atoms with Crippen LogP contribution < -0.4 is 10.4 Å². The molecule has 1 aliphatic heterocycles. The molecule has 0 bridgehead atoms. The maximum Gasteiger partial charge on any atom is 0.405 e. The maximum atomic E-state index is 11.7. The Morgan fingerprint density at radius 3 is 2.67 bits per heavy atom. The number of nitrogens with one attached hydrogen (secondary N) is 2. The third-order valence-corrected chi connectivity index (χ3v) is 3.92. The minimum atomic E-state index is -3.32. The van der Waals surface area contributed by atoms with Crippen molar-refractivity contribution < 1.29 is 18.4 Å². The summed E-state index contributed by atoms with van der Waals surface area (Å²) in [7, 11) is -0.750. The van der Waals surface area contributed by atoms with Gasteiger partial charge in [0.2, 0.25) is 5.91 Å². The van der Waals surface area contributed by atoms with E-state index < -0.39 is 13.8 Å². The first-order valence-electron chi connectivity index (χ1n) is 4.88. The van der Waals surface area contributed by atoms with E-state index in [0.717, 1.165) is 12.8 Å². The molecule has 0 radical (unpaired) electrons. The SMILES string of the molecule is COP(=O)(NC1CCCCNC1=O)OC. The van der Waals surface area contributed by atoms with Crippen LogP contribution in [0.2, 0.25) is 0 Å². The molecule has 2 N–H and O–H groups in total. The second-order valence-electron chi connectivity index (χ2n) is 3.33. The molecule has 0 spiro atoms. The van der Waals surface area contributed by atoms with Gasteiger partial charge in [-0.1, -0.05) is 0 Å². The quantitative estimate of drug-likeness (QED) is 0.701. The zero-order valence-electron chi connectivity index (χ0n) is 8.99. The molecule has 1 unspecified atom stereocenters. The summed E-state index contributed by atoms with van der Waals surface area (Å²) in [5, 5.41) is 5.35. The molecule has 1 atom stereocenters. The minimum Gasteiger partial charge on any atom is -0.355 e. The number of carbonyl (C=O) groups excluding carboxylic acids is 1. The van der Waals surface area contributed by atoms with Gasteiger partial charge < -0.3 is 14.4 Å². The highest BCUT2D eigenvalue weighted by Crippen LogP contribution is 2.42. The van der Waals surface area contributed by atoms with Crippen molar-refractivity contribution in [3.05, 3.63) is 0 Å². The summed E-state index contributed by atoms with van der Waals surface area (Å²) < 4.78 is 21.2. The molecule has 88 valence electrons. The largest absolute Gasteiger partial charge is 0.405 e. The molecule has 15 heavy (non-hydrogen) atoms. The third kappa shape index (κ3) is 3.57. The lowest BCUT2D eigenvalue weighted by Crippen LogP contribution is -2.41. The average molecular weight is 236 g/mol. The Bertz CT molecular complexity index is 263. The highest BCUT2D eigenvalue weighted by Gasteiger charge is 2.30. The van der Waals surface area contributed by atoms with Crippen LogP contribution in [0.15, 0.2) is 0 Å². The number of carbonyl (C=O) groups is 1. The lowest BCUT2D eigenvalue weighted by Gasteiger charge is -2.20. The molecule has 1 heterocycles. The van der Waals surface area contributed by atoms with Crippen LogP contribution in [0, 0.1) is 0 Å². The van der Waals surface area contributed by atoms with Gasteiger partial charge in [0.25, 0.3) is 0 Å². The first-order chi connectivity index (χ1) is 7.11. The lowest BCUT2D eigenvalue weighted by molar-refractivity contribution is -0.122. The average Bonchev–Trinajstić information content (AvgIpc) is 2.44. The van der Waals surface area contributed by atoms with E-state index >= 15 is 0 Å². The van der Waals surface area contributed by atoms with Crippen molar-refractivity contribution >= 4 is 13.7 Å². The first kappa shape index (κ1) is 12.6. The van der Waals surface area contributed by atoms with Crippen LogP contribution in [0.4, 0.5) is 0 Å². The monoisotopic (exact) mass is 236 g/mol. The summed E-state index contributed by atoms with van der Waals surface area (Å²) in [4.78, 5) is 11.5. The molecule has 7 heteroatoms. The van der Waals surface area contributed by atoms with Crippen molar-refractivity contribution in [2.24, 2.45) is 0 Å². The van der Waals surface area contributed by atoms with Crippen molar-refractivity contribution in [3.63, 3.8) is 0 Å². The van der Waals surface area contributed by atoms with Gasteiger partial charge in [-0.3, -0.25) is 4.79 Å². The standard InChI is InChI=1S/C8H17N2O4P/c1-13-15(12,14-2)10-7-5-3-4-6-9-8(7)11/h7H,3-6H2,1-2H3,(H,9,11)(H,10,12). The van der Waals surface area contributed by atoms with Gasteiger partial charge >= 0.3 is 7.75 Å². The van der Waals surface area contributed by atoms with Gasteiger partial charge in [-0.25, -0.2) is 9.65 Å². The van der Waals surface area contributed by atoms with E-state index in [2.05, 4.69) is 10.4 Å². The van der Waals surface area contributed by atoms with Crippen LogP contribution >= 0.6 is 7.75 Å². The molecule has 0 aromatic heterocycles. The number of rotatable bonds is 4. The van der Waals surface area contributed by atoms with Gasteiger partial charge in [0.15, 0.2) is 0 Å².